The smallest absolute Gasteiger partial charge is 0.337 e. The molecule has 0 fully saturated rings. The highest BCUT2D eigenvalue weighted by Gasteiger charge is 2.32. The molecule has 4 N–H and O–H groups in total. The Hall–Kier alpha value is -4.89. The number of allylic oxidation sites excluding steroid dienone is 1. The Morgan fingerprint density at radius 2 is 2.00 bits per heavy atom. The summed E-state index contributed by atoms with van der Waals surface area (Å²) in [5.41, 5.74) is 4.40. The molecule has 0 aliphatic carbocycles. The summed E-state index contributed by atoms with van der Waals surface area (Å²) in [5.74, 6) is 3.44. The van der Waals surface area contributed by atoms with Crippen LogP contribution in [0.1, 0.15) is 31.0 Å². The summed E-state index contributed by atoms with van der Waals surface area (Å²) < 4.78 is 27.3. The number of carbonyl (C=O) groups excluding carboxylic acids is 2. The number of para-hydroxylation sites is 1. The molecule has 0 radical (unpaired) electrons. The fourth-order valence-corrected chi connectivity index (χ4v) is 3.88. The summed E-state index contributed by atoms with van der Waals surface area (Å²) in [6.07, 6.45) is 5.58. The van der Waals surface area contributed by atoms with E-state index in [-0.39, 0.29) is 18.8 Å². The number of ether oxygens (including phenoxy) is 5. The normalized spacial score (nSPS) is 15.4. The lowest BCUT2D eigenvalue weighted by Gasteiger charge is -2.28. The molecule has 0 unspecified atom stereocenters. The van der Waals surface area contributed by atoms with Gasteiger partial charge in [-0.1, -0.05) is 18.1 Å². The summed E-state index contributed by atoms with van der Waals surface area (Å²) >= 11 is 0. The Morgan fingerprint density at radius 1 is 1.20 bits per heavy atom. The zero-order valence-corrected chi connectivity index (χ0v) is 22.6. The second-order valence-corrected chi connectivity index (χ2v) is 8.29. The zero-order valence-electron chi connectivity index (χ0n) is 22.6. The number of carbonyl (C=O) groups is 2. The molecule has 12 heteroatoms. The quantitative estimate of drug-likeness (QED) is 0.0965. The second-order valence-electron chi connectivity index (χ2n) is 8.29. The van der Waals surface area contributed by atoms with Crippen molar-refractivity contribution in [2.24, 2.45) is 5.10 Å². The van der Waals surface area contributed by atoms with E-state index >= 15 is 0 Å². The van der Waals surface area contributed by atoms with Crippen LogP contribution in [0.15, 0.2) is 52.8 Å². The number of nitrogens with one attached hydrogen (secondary N) is 3. The van der Waals surface area contributed by atoms with Crippen LogP contribution in [0.2, 0.25) is 0 Å². The molecule has 1 aliphatic heterocycles. The number of esters is 1. The Balaban J connectivity index is 1.71. The molecular weight excluding hydrogens is 520 g/mol. The molecule has 40 heavy (non-hydrogen) atoms. The van der Waals surface area contributed by atoms with Gasteiger partial charge in [0.1, 0.15) is 13.2 Å². The Bertz CT molecular complexity index is 1320. The van der Waals surface area contributed by atoms with Gasteiger partial charge in [0.05, 0.1) is 38.7 Å². The molecule has 2 atom stereocenters. The van der Waals surface area contributed by atoms with Gasteiger partial charge in [-0.3, -0.25) is 5.43 Å². The summed E-state index contributed by atoms with van der Waals surface area (Å²) in [6, 6.07) is 9.00. The summed E-state index contributed by atoms with van der Waals surface area (Å²) in [7, 11) is 2.78. The summed E-state index contributed by atoms with van der Waals surface area (Å²) in [5, 5.41) is 19.7. The number of hydrogen-bond acceptors (Lipinski definition) is 10. The average Bonchev–Trinajstić information content (AvgIpc) is 2.95. The number of methoxy groups -OCH3 is 2. The van der Waals surface area contributed by atoms with E-state index in [9.17, 15) is 14.7 Å². The predicted molar refractivity (Wildman–Crippen MR) is 146 cm³/mol. The van der Waals surface area contributed by atoms with Crippen molar-refractivity contribution in [3.05, 3.63) is 58.8 Å². The average molecular weight is 553 g/mol. The molecule has 0 saturated carbocycles. The van der Waals surface area contributed by atoms with Crippen LogP contribution < -0.4 is 35.0 Å². The minimum absolute atomic E-state index is 0.0516. The lowest BCUT2D eigenvalue weighted by atomic mass is 9.95. The largest absolute Gasteiger partial charge is 0.493 e. The van der Waals surface area contributed by atoms with Gasteiger partial charge in [0, 0.05) is 11.3 Å². The Kier molecular flexibility index (Phi) is 10.6. The molecule has 212 valence electrons. The van der Waals surface area contributed by atoms with Gasteiger partial charge < -0.3 is 39.4 Å². The number of aliphatic hydroxyl groups excluding tert-OH is 1. The molecule has 0 saturated heterocycles. The molecule has 1 aliphatic rings. The van der Waals surface area contributed by atoms with E-state index in [0.29, 0.717) is 46.4 Å². The third-order valence-electron chi connectivity index (χ3n) is 5.63. The van der Waals surface area contributed by atoms with Crippen molar-refractivity contribution >= 4 is 18.2 Å². The second kappa shape index (κ2) is 14.3. The molecule has 0 bridgehead atoms. The van der Waals surface area contributed by atoms with E-state index in [2.05, 4.69) is 27.1 Å². The first-order valence-corrected chi connectivity index (χ1v) is 12.3. The van der Waals surface area contributed by atoms with Gasteiger partial charge in [-0.05, 0) is 43.7 Å². The predicted octanol–water partition coefficient (Wildman–Crippen LogP) is 2.23. The van der Waals surface area contributed by atoms with Gasteiger partial charge in [0.2, 0.25) is 0 Å². The molecule has 0 spiro atoms. The fraction of sp³-hybridized carbons (Fsp3) is 0.321. The van der Waals surface area contributed by atoms with Crippen molar-refractivity contribution in [3.8, 4) is 35.3 Å². The van der Waals surface area contributed by atoms with E-state index in [1.54, 1.807) is 50.2 Å². The highest BCUT2D eigenvalue weighted by molar-refractivity contribution is 5.95. The summed E-state index contributed by atoms with van der Waals surface area (Å²) in [4.78, 5) is 24.5. The number of hydrogen-bond donors (Lipinski definition) is 4. The topological polar surface area (TPSA) is 149 Å². The van der Waals surface area contributed by atoms with Crippen LogP contribution in [-0.4, -0.2) is 63.6 Å². The molecule has 3 rings (SSSR count). The van der Waals surface area contributed by atoms with Crippen LogP contribution in [0, 0.1) is 12.3 Å². The van der Waals surface area contributed by atoms with Crippen molar-refractivity contribution < 1.29 is 38.4 Å². The van der Waals surface area contributed by atoms with Crippen molar-refractivity contribution in [1.29, 1.82) is 0 Å². The monoisotopic (exact) mass is 552 g/mol. The lowest BCUT2D eigenvalue weighted by Crippen LogP contribution is -2.45. The number of hydrazone groups is 1. The highest BCUT2D eigenvalue weighted by atomic mass is 16.5. The number of aliphatic hydroxyl groups is 1. The van der Waals surface area contributed by atoms with Crippen molar-refractivity contribution in [2.45, 2.75) is 26.1 Å². The van der Waals surface area contributed by atoms with Gasteiger partial charge >= 0.3 is 12.0 Å². The highest BCUT2D eigenvalue weighted by Crippen LogP contribution is 2.35. The Morgan fingerprint density at radius 3 is 2.70 bits per heavy atom. The number of rotatable bonds is 13. The minimum atomic E-state index is -1.17. The van der Waals surface area contributed by atoms with Gasteiger partial charge in [-0.25, -0.2) is 9.59 Å². The minimum Gasteiger partial charge on any atom is -0.493 e. The maximum atomic E-state index is 12.4. The number of nitrogens with zero attached hydrogens (tertiary/aromatic N) is 1. The maximum Gasteiger partial charge on any atom is 0.337 e. The van der Waals surface area contributed by atoms with Crippen molar-refractivity contribution in [2.75, 3.05) is 34.0 Å². The molecule has 1 heterocycles. The van der Waals surface area contributed by atoms with Crippen LogP contribution in [0.5, 0.6) is 23.0 Å². The third kappa shape index (κ3) is 7.36. The first-order chi connectivity index (χ1) is 19.3. The number of benzene rings is 2. The molecular formula is C28H32N4O8. The zero-order chi connectivity index (χ0) is 29.1. The van der Waals surface area contributed by atoms with Crippen molar-refractivity contribution in [3.63, 3.8) is 0 Å². The van der Waals surface area contributed by atoms with Crippen LogP contribution in [0.3, 0.4) is 0 Å². The number of amides is 2. The molecule has 2 amide bonds. The number of urea groups is 1. The van der Waals surface area contributed by atoms with Gasteiger partial charge in [-0.2, -0.15) is 5.10 Å². The fourth-order valence-electron chi connectivity index (χ4n) is 3.88. The van der Waals surface area contributed by atoms with Crippen LogP contribution in [0.4, 0.5) is 4.79 Å². The SMILES string of the molecule is C#CCOc1c(/C=N/N[C@@H](O)COc2ccc([C@@H]3NC(=O)NC(C)=C3C(=O)OC)cc2OCC)cccc1OC. The molecule has 0 aromatic heterocycles. The van der Waals surface area contributed by atoms with Crippen LogP contribution in [-0.2, 0) is 9.53 Å². The maximum absolute atomic E-state index is 12.4. The van der Waals surface area contributed by atoms with Crippen LogP contribution in [0.25, 0.3) is 0 Å². The third-order valence-corrected chi connectivity index (χ3v) is 5.63. The van der Waals surface area contributed by atoms with Gasteiger partial charge in [0.25, 0.3) is 0 Å². The van der Waals surface area contributed by atoms with Crippen molar-refractivity contribution in [1.82, 2.24) is 16.1 Å². The standard InChI is InChI=1S/C28H32N4O8/c1-6-13-39-26-19(9-8-10-21(26)36-4)15-29-32-23(33)16-40-20-12-11-18(14-22(20)38-7-2)25-24(27(34)37-5)17(3)30-28(35)31-25/h1,8-12,14-15,23,25,32-33H,7,13,16H2,2-5H3,(H2,30,31,35)/b29-15+/t23-,25-/m0/s1. The molecule has 12 nitrogen and oxygen atoms in total. The van der Waals surface area contributed by atoms with E-state index in [4.69, 9.17) is 30.1 Å². The van der Waals surface area contributed by atoms with E-state index in [1.807, 2.05) is 0 Å². The number of terminal acetylenes is 1. The molecule has 2 aromatic rings. The van der Waals surface area contributed by atoms with Crippen LogP contribution >= 0.6 is 0 Å². The van der Waals surface area contributed by atoms with E-state index in [0.717, 1.165) is 0 Å². The first-order valence-electron chi connectivity index (χ1n) is 12.3. The first kappa shape index (κ1) is 29.7. The summed E-state index contributed by atoms with van der Waals surface area (Å²) in [6.45, 7) is 3.63. The van der Waals surface area contributed by atoms with Gasteiger partial charge in [-0.15, -0.1) is 6.42 Å². The van der Waals surface area contributed by atoms with E-state index < -0.39 is 24.3 Å². The van der Waals surface area contributed by atoms with E-state index in [1.165, 1.54) is 20.4 Å². The van der Waals surface area contributed by atoms with Gasteiger partial charge in [0.15, 0.2) is 29.2 Å². The lowest BCUT2D eigenvalue weighted by molar-refractivity contribution is -0.136. The molecule has 2 aromatic carbocycles. The Labute approximate surface area is 232 Å².